The number of Topliss-reactive ketones (excluding diaryl/α,β-unsaturated/α-hetero) is 1. The molecule has 18 heavy (non-hydrogen) atoms. The van der Waals surface area contributed by atoms with Gasteiger partial charge in [0.1, 0.15) is 0 Å². The van der Waals surface area contributed by atoms with Crippen LogP contribution in [0.4, 0.5) is 10.5 Å². The summed E-state index contributed by atoms with van der Waals surface area (Å²) in [6, 6.07) is 6.42. The molecule has 6 nitrogen and oxygen atoms in total. The van der Waals surface area contributed by atoms with E-state index in [1.807, 2.05) is 0 Å². The van der Waals surface area contributed by atoms with Gasteiger partial charge in [0.2, 0.25) is 6.10 Å². The van der Waals surface area contributed by atoms with Crippen molar-refractivity contribution in [2.75, 3.05) is 11.4 Å². The largest absolute Gasteiger partial charge is 0.478 e. The highest BCUT2D eigenvalue weighted by Crippen LogP contribution is 2.22. The van der Waals surface area contributed by atoms with Crippen molar-refractivity contribution >= 4 is 23.5 Å². The van der Waals surface area contributed by atoms with Gasteiger partial charge in [-0.3, -0.25) is 9.69 Å². The van der Waals surface area contributed by atoms with Crippen molar-refractivity contribution in [2.45, 2.75) is 13.0 Å². The molecular weight excluding hydrogens is 238 g/mol. The number of carbonyl (C=O) groups is 3. The van der Waals surface area contributed by atoms with Crippen molar-refractivity contribution < 1.29 is 24.2 Å². The molecule has 0 aliphatic carbocycles. The van der Waals surface area contributed by atoms with Crippen molar-refractivity contribution in [3.63, 3.8) is 0 Å². The fraction of sp³-hybridized carbons (Fsp3) is 0.250. The summed E-state index contributed by atoms with van der Waals surface area (Å²) in [6.45, 7) is 1.36. The zero-order chi connectivity index (χ0) is 13.3. The van der Waals surface area contributed by atoms with Crippen molar-refractivity contribution in [1.29, 1.82) is 0 Å². The first-order valence-electron chi connectivity index (χ1n) is 5.31. The Morgan fingerprint density at radius 1 is 1.44 bits per heavy atom. The number of hydrogen-bond acceptors (Lipinski definition) is 4. The number of anilines is 1. The Kier molecular flexibility index (Phi) is 3.01. The van der Waals surface area contributed by atoms with Crippen LogP contribution in [0.15, 0.2) is 24.3 Å². The summed E-state index contributed by atoms with van der Waals surface area (Å²) in [5.41, 5.74) is 0.913. The van der Waals surface area contributed by atoms with Crippen LogP contribution in [0, 0.1) is 0 Å². The van der Waals surface area contributed by atoms with Crippen LogP contribution in [0.2, 0.25) is 0 Å². The second kappa shape index (κ2) is 4.48. The molecule has 1 amide bonds. The number of cyclic esters (lactones) is 1. The molecule has 1 aliphatic heterocycles. The molecule has 0 radical (unpaired) electrons. The van der Waals surface area contributed by atoms with E-state index < -0.39 is 18.2 Å². The molecule has 0 aromatic heterocycles. The second-order valence-electron chi connectivity index (χ2n) is 3.93. The fourth-order valence-electron chi connectivity index (χ4n) is 1.70. The molecule has 1 aromatic carbocycles. The number of hydrogen-bond donors (Lipinski definition) is 1. The van der Waals surface area contributed by atoms with Crippen molar-refractivity contribution in [2.24, 2.45) is 0 Å². The van der Waals surface area contributed by atoms with E-state index in [9.17, 15) is 14.4 Å². The number of amides is 1. The number of ether oxygens (including phenoxy) is 1. The Labute approximate surface area is 103 Å². The van der Waals surface area contributed by atoms with Crippen LogP contribution in [0.25, 0.3) is 0 Å². The minimum atomic E-state index is -1.19. The van der Waals surface area contributed by atoms with E-state index in [-0.39, 0.29) is 12.3 Å². The van der Waals surface area contributed by atoms with E-state index in [1.165, 1.54) is 17.9 Å². The van der Waals surface area contributed by atoms with Crippen molar-refractivity contribution in [3.05, 3.63) is 29.8 Å². The van der Waals surface area contributed by atoms with Crippen molar-refractivity contribution in [3.8, 4) is 0 Å². The van der Waals surface area contributed by atoms with Crippen LogP contribution < -0.4 is 4.90 Å². The fourth-order valence-corrected chi connectivity index (χ4v) is 1.70. The monoisotopic (exact) mass is 249 g/mol. The predicted octanol–water partition coefficient (Wildman–Crippen LogP) is 1.30. The van der Waals surface area contributed by atoms with Crippen LogP contribution in [0.1, 0.15) is 17.3 Å². The smallest absolute Gasteiger partial charge is 0.415 e. The Balaban J connectivity index is 2.27. The zero-order valence-electron chi connectivity index (χ0n) is 9.62. The lowest BCUT2D eigenvalue weighted by Crippen LogP contribution is -2.27. The summed E-state index contributed by atoms with van der Waals surface area (Å²) in [4.78, 5) is 34.7. The number of rotatable bonds is 3. The van der Waals surface area contributed by atoms with Crippen LogP contribution in [0.3, 0.4) is 0 Å². The summed E-state index contributed by atoms with van der Waals surface area (Å²) < 4.78 is 4.69. The van der Waals surface area contributed by atoms with E-state index >= 15 is 0 Å². The molecule has 0 bridgehead atoms. The van der Waals surface area contributed by atoms with Gasteiger partial charge in [0.05, 0.1) is 6.54 Å². The molecule has 1 aliphatic rings. The minimum absolute atomic E-state index is 0.0600. The lowest BCUT2D eigenvalue weighted by Gasteiger charge is -2.13. The van der Waals surface area contributed by atoms with Gasteiger partial charge in [-0.2, -0.15) is 0 Å². The Morgan fingerprint density at radius 3 is 2.72 bits per heavy atom. The lowest BCUT2D eigenvalue weighted by molar-refractivity contribution is -0.144. The summed E-state index contributed by atoms with van der Waals surface area (Å²) in [6.07, 6.45) is -1.89. The average Bonchev–Trinajstić information content (AvgIpc) is 2.72. The molecule has 0 saturated carbocycles. The first kappa shape index (κ1) is 12.1. The molecule has 1 saturated heterocycles. The van der Waals surface area contributed by atoms with Crippen LogP contribution >= 0.6 is 0 Å². The van der Waals surface area contributed by atoms with E-state index in [0.29, 0.717) is 11.3 Å². The van der Waals surface area contributed by atoms with E-state index in [1.54, 1.807) is 18.2 Å². The van der Waals surface area contributed by atoms with E-state index in [2.05, 4.69) is 0 Å². The maximum absolute atomic E-state index is 11.5. The molecule has 1 atom stereocenters. The number of aliphatic carboxylic acids is 1. The van der Waals surface area contributed by atoms with E-state index in [4.69, 9.17) is 9.84 Å². The van der Waals surface area contributed by atoms with Gasteiger partial charge < -0.3 is 9.84 Å². The summed E-state index contributed by atoms with van der Waals surface area (Å²) >= 11 is 0. The first-order valence-corrected chi connectivity index (χ1v) is 5.31. The van der Waals surface area contributed by atoms with Crippen molar-refractivity contribution in [1.82, 2.24) is 0 Å². The van der Waals surface area contributed by atoms with Gasteiger partial charge in [-0.15, -0.1) is 0 Å². The standard InChI is InChI=1S/C12H11NO5/c1-7(14)8-3-2-4-9(5-8)13-6-10(11(15)16)18-12(13)17/h2-5,10H,6H2,1H3,(H,15,16). The van der Waals surface area contributed by atoms with Gasteiger partial charge in [0.15, 0.2) is 5.78 Å². The number of carboxylic acids is 1. The summed E-state index contributed by atoms with van der Waals surface area (Å²) in [5.74, 6) is -1.31. The van der Waals surface area contributed by atoms with E-state index in [0.717, 1.165) is 0 Å². The third-order valence-electron chi connectivity index (χ3n) is 2.65. The number of carboxylic acid groups (broad SMARTS) is 1. The van der Waals surface area contributed by atoms with Crippen LogP contribution in [0.5, 0.6) is 0 Å². The Morgan fingerprint density at radius 2 is 2.17 bits per heavy atom. The topological polar surface area (TPSA) is 83.9 Å². The number of ketones is 1. The minimum Gasteiger partial charge on any atom is -0.478 e. The normalized spacial score (nSPS) is 18.6. The molecule has 1 heterocycles. The van der Waals surface area contributed by atoms with Gasteiger partial charge in [-0.05, 0) is 19.1 Å². The quantitative estimate of drug-likeness (QED) is 0.816. The maximum Gasteiger partial charge on any atom is 0.415 e. The molecular formula is C12H11NO5. The second-order valence-corrected chi connectivity index (χ2v) is 3.93. The molecule has 1 aromatic rings. The highest BCUT2D eigenvalue weighted by Gasteiger charge is 2.36. The van der Waals surface area contributed by atoms with Crippen LogP contribution in [-0.2, 0) is 9.53 Å². The van der Waals surface area contributed by atoms with Gasteiger partial charge in [-0.25, -0.2) is 9.59 Å². The third-order valence-corrected chi connectivity index (χ3v) is 2.65. The van der Waals surface area contributed by atoms with Crippen LogP contribution in [-0.4, -0.2) is 35.6 Å². The highest BCUT2D eigenvalue weighted by molar-refractivity contribution is 5.98. The van der Waals surface area contributed by atoms with Gasteiger partial charge in [0.25, 0.3) is 0 Å². The van der Waals surface area contributed by atoms with Gasteiger partial charge in [-0.1, -0.05) is 12.1 Å². The lowest BCUT2D eigenvalue weighted by atomic mass is 10.1. The average molecular weight is 249 g/mol. The number of benzene rings is 1. The van der Waals surface area contributed by atoms with Gasteiger partial charge >= 0.3 is 12.1 Å². The first-order chi connectivity index (χ1) is 8.49. The Bertz CT molecular complexity index is 525. The van der Waals surface area contributed by atoms with Gasteiger partial charge in [0, 0.05) is 11.3 Å². The summed E-state index contributed by atoms with van der Waals surface area (Å²) in [7, 11) is 0. The molecule has 94 valence electrons. The molecule has 2 rings (SSSR count). The molecule has 1 unspecified atom stereocenters. The highest BCUT2D eigenvalue weighted by atomic mass is 16.6. The molecule has 0 spiro atoms. The predicted molar refractivity (Wildman–Crippen MR) is 61.7 cm³/mol. The zero-order valence-corrected chi connectivity index (χ0v) is 9.62. The number of nitrogens with zero attached hydrogens (tertiary/aromatic N) is 1. The third kappa shape index (κ3) is 2.17. The molecule has 1 N–H and O–H groups in total. The maximum atomic E-state index is 11.5. The number of carbonyl (C=O) groups excluding carboxylic acids is 2. The molecule has 6 heteroatoms. The summed E-state index contributed by atoms with van der Waals surface area (Å²) in [5, 5.41) is 8.78. The molecule has 1 fully saturated rings. The Hall–Kier alpha value is -2.37. The SMILES string of the molecule is CC(=O)c1cccc(N2CC(C(=O)O)OC2=O)c1.